The minimum atomic E-state index is -1.09. The topological polar surface area (TPSA) is 70.7 Å². The van der Waals surface area contributed by atoms with Crippen LogP contribution in [0.25, 0.3) is 0 Å². The summed E-state index contributed by atoms with van der Waals surface area (Å²) in [6.07, 6.45) is 4.44. The predicted octanol–water partition coefficient (Wildman–Crippen LogP) is 3.62. The molecule has 0 aliphatic heterocycles. The third-order valence-electron chi connectivity index (χ3n) is 4.10. The fraction of sp³-hybridized carbons (Fsp3) is 0.667. The molecular formula is C15H22O4. The van der Waals surface area contributed by atoms with Crippen molar-refractivity contribution in [3.8, 4) is 0 Å². The lowest BCUT2D eigenvalue weighted by Crippen LogP contribution is -2.27. The van der Waals surface area contributed by atoms with E-state index in [4.69, 9.17) is 9.52 Å². The molecule has 106 valence electrons. The van der Waals surface area contributed by atoms with Gasteiger partial charge in [0.15, 0.2) is 0 Å². The fourth-order valence-corrected chi connectivity index (χ4v) is 3.40. The highest BCUT2D eigenvalue weighted by Gasteiger charge is 2.43. The predicted molar refractivity (Wildman–Crippen MR) is 71.0 cm³/mol. The van der Waals surface area contributed by atoms with E-state index in [2.05, 4.69) is 13.8 Å². The lowest BCUT2D eigenvalue weighted by molar-refractivity contribution is -0.00458. The van der Waals surface area contributed by atoms with E-state index in [1.54, 1.807) is 6.07 Å². The zero-order valence-corrected chi connectivity index (χ0v) is 11.6. The molecule has 19 heavy (non-hydrogen) atoms. The first-order chi connectivity index (χ1) is 8.94. The Hall–Kier alpha value is -1.29. The van der Waals surface area contributed by atoms with Crippen LogP contribution < -0.4 is 0 Å². The average Bonchev–Trinajstić information content (AvgIpc) is 2.95. The van der Waals surface area contributed by atoms with E-state index < -0.39 is 12.1 Å². The molecule has 0 bridgehead atoms. The van der Waals surface area contributed by atoms with E-state index >= 15 is 0 Å². The normalized spacial score (nSPS) is 19.8. The van der Waals surface area contributed by atoms with Gasteiger partial charge in [-0.1, -0.05) is 26.7 Å². The van der Waals surface area contributed by atoms with Gasteiger partial charge in [-0.15, -0.1) is 0 Å². The van der Waals surface area contributed by atoms with Crippen molar-refractivity contribution in [1.29, 1.82) is 0 Å². The number of carboxylic acids is 1. The molecule has 1 aromatic heterocycles. The lowest BCUT2D eigenvalue weighted by Gasteiger charge is -2.34. The lowest BCUT2D eigenvalue weighted by atomic mass is 9.73. The molecule has 0 radical (unpaired) electrons. The summed E-state index contributed by atoms with van der Waals surface area (Å²) in [6, 6.07) is 3.01. The van der Waals surface area contributed by atoms with Gasteiger partial charge in [-0.2, -0.15) is 0 Å². The van der Waals surface area contributed by atoms with E-state index in [1.165, 1.54) is 6.07 Å². The second kappa shape index (κ2) is 5.37. The maximum Gasteiger partial charge on any atom is 0.371 e. The Bertz CT molecular complexity index is 441. The molecule has 1 aromatic rings. The molecule has 1 atom stereocenters. The molecule has 2 N–H and O–H groups in total. The molecule has 0 saturated heterocycles. The molecule has 1 saturated carbocycles. The van der Waals surface area contributed by atoms with Crippen LogP contribution in [-0.4, -0.2) is 16.2 Å². The molecule has 0 amide bonds. The largest absolute Gasteiger partial charge is 0.475 e. The Labute approximate surface area is 113 Å². The standard InChI is InChI=1S/C15H22O4/c1-10(2)9-15(7-3-4-8-15)13(16)11-5-6-12(19-11)14(17)18/h5-6,10,13,16H,3-4,7-9H2,1-2H3,(H,17,18). The minimum absolute atomic E-state index is 0.105. The van der Waals surface area contributed by atoms with Gasteiger partial charge in [-0.3, -0.25) is 0 Å². The van der Waals surface area contributed by atoms with Crippen LogP contribution in [-0.2, 0) is 0 Å². The Balaban J connectivity index is 2.23. The SMILES string of the molecule is CC(C)CC1(C(O)c2ccc(C(=O)O)o2)CCCC1. The van der Waals surface area contributed by atoms with Crippen LogP contribution in [0.3, 0.4) is 0 Å². The molecule has 1 aliphatic carbocycles. The molecule has 4 heteroatoms. The van der Waals surface area contributed by atoms with Crippen LogP contribution in [0.5, 0.6) is 0 Å². The summed E-state index contributed by atoms with van der Waals surface area (Å²) in [4.78, 5) is 10.8. The maximum atomic E-state index is 10.8. The highest BCUT2D eigenvalue weighted by molar-refractivity contribution is 5.84. The summed E-state index contributed by atoms with van der Waals surface area (Å²) in [5.41, 5.74) is -0.151. The van der Waals surface area contributed by atoms with E-state index in [-0.39, 0.29) is 11.2 Å². The van der Waals surface area contributed by atoms with E-state index in [9.17, 15) is 9.90 Å². The zero-order chi connectivity index (χ0) is 14.0. The summed E-state index contributed by atoms with van der Waals surface area (Å²) >= 11 is 0. The van der Waals surface area contributed by atoms with Crippen molar-refractivity contribution in [2.45, 2.75) is 52.1 Å². The number of aliphatic hydroxyl groups is 1. The third-order valence-corrected chi connectivity index (χ3v) is 4.10. The Morgan fingerprint density at radius 1 is 1.37 bits per heavy atom. The van der Waals surface area contributed by atoms with Crippen LogP contribution in [0, 0.1) is 11.3 Å². The maximum absolute atomic E-state index is 10.8. The number of hydrogen-bond acceptors (Lipinski definition) is 3. The zero-order valence-electron chi connectivity index (χ0n) is 11.6. The van der Waals surface area contributed by atoms with Gasteiger partial charge in [0.25, 0.3) is 0 Å². The molecule has 1 aliphatic rings. The van der Waals surface area contributed by atoms with Gasteiger partial charge < -0.3 is 14.6 Å². The molecule has 2 rings (SSSR count). The van der Waals surface area contributed by atoms with Gasteiger partial charge in [0, 0.05) is 5.41 Å². The summed E-state index contributed by atoms with van der Waals surface area (Å²) < 4.78 is 5.28. The van der Waals surface area contributed by atoms with Gasteiger partial charge in [0.2, 0.25) is 5.76 Å². The molecule has 1 heterocycles. The summed E-state index contributed by atoms with van der Waals surface area (Å²) in [7, 11) is 0. The molecule has 0 spiro atoms. The molecule has 1 fully saturated rings. The first-order valence-electron chi connectivity index (χ1n) is 6.96. The second-order valence-electron chi connectivity index (χ2n) is 6.08. The summed E-state index contributed by atoms with van der Waals surface area (Å²) in [5, 5.41) is 19.5. The van der Waals surface area contributed by atoms with E-state index in [0.29, 0.717) is 11.7 Å². The van der Waals surface area contributed by atoms with Crippen LogP contribution in [0.15, 0.2) is 16.5 Å². The number of furan rings is 1. The van der Waals surface area contributed by atoms with Crippen LogP contribution in [0.4, 0.5) is 0 Å². The number of rotatable bonds is 5. The number of aliphatic hydroxyl groups excluding tert-OH is 1. The molecule has 1 unspecified atom stereocenters. The number of carboxylic acid groups (broad SMARTS) is 1. The first-order valence-corrected chi connectivity index (χ1v) is 6.96. The Kier molecular flexibility index (Phi) is 3.99. The van der Waals surface area contributed by atoms with Gasteiger partial charge >= 0.3 is 5.97 Å². The van der Waals surface area contributed by atoms with Gasteiger partial charge in [-0.25, -0.2) is 4.79 Å². The highest BCUT2D eigenvalue weighted by atomic mass is 16.4. The number of hydrogen-bond donors (Lipinski definition) is 2. The average molecular weight is 266 g/mol. The number of aromatic carboxylic acids is 1. The molecule has 0 aromatic carbocycles. The van der Waals surface area contributed by atoms with Gasteiger partial charge in [0.05, 0.1) is 0 Å². The van der Waals surface area contributed by atoms with Crippen molar-refractivity contribution in [2.75, 3.05) is 0 Å². The molecular weight excluding hydrogens is 244 g/mol. The van der Waals surface area contributed by atoms with Crippen molar-refractivity contribution in [3.63, 3.8) is 0 Å². The van der Waals surface area contributed by atoms with Crippen LogP contribution in [0.1, 0.15) is 68.4 Å². The smallest absolute Gasteiger partial charge is 0.371 e. The van der Waals surface area contributed by atoms with Crippen LogP contribution in [0.2, 0.25) is 0 Å². The summed E-state index contributed by atoms with van der Waals surface area (Å²) in [6.45, 7) is 4.30. The monoisotopic (exact) mass is 266 g/mol. The van der Waals surface area contributed by atoms with Crippen LogP contribution >= 0.6 is 0 Å². The van der Waals surface area contributed by atoms with E-state index in [1.807, 2.05) is 0 Å². The second-order valence-corrected chi connectivity index (χ2v) is 6.08. The Morgan fingerprint density at radius 3 is 2.47 bits per heavy atom. The van der Waals surface area contributed by atoms with Gasteiger partial charge in [-0.05, 0) is 37.3 Å². The van der Waals surface area contributed by atoms with Crippen molar-refractivity contribution in [3.05, 3.63) is 23.7 Å². The quantitative estimate of drug-likeness (QED) is 0.854. The van der Waals surface area contributed by atoms with E-state index in [0.717, 1.165) is 32.1 Å². The van der Waals surface area contributed by atoms with Gasteiger partial charge in [0.1, 0.15) is 11.9 Å². The fourth-order valence-electron chi connectivity index (χ4n) is 3.40. The first kappa shape index (κ1) is 14.1. The van der Waals surface area contributed by atoms with Crippen molar-refractivity contribution in [2.24, 2.45) is 11.3 Å². The third kappa shape index (κ3) is 2.84. The highest BCUT2D eigenvalue weighted by Crippen LogP contribution is 2.51. The minimum Gasteiger partial charge on any atom is -0.475 e. The van der Waals surface area contributed by atoms with Crippen molar-refractivity contribution < 1.29 is 19.4 Å². The number of carbonyl (C=O) groups is 1. The van der Waals surface area contributed by atoms with Crippen molar-refractivity contribution in [1.82, 2.24) is 0 Å². The van der Waals surface area contributed by atoms with Crippen molar-refractivity contribution >= 4 is 5.97 Å². The Morgan fingerprint density at radius 2 is 2.00 bits per heavy atom. The summed E-state index contributed by atoms with van der Waals surface area (Å²) in [5.74, 6) is -0.309. The molecule has 4 nitrogen and oxygen atoms in total.